The lowest BCUT2D eigenvalue weighted by atomic mass is 10.2. The molecule has 1 heterocycles. The number of hydrogen-bond acceptors (Lipinski definition) is 6. The largest absolute Gasteiger partial charge is 0.320 e. The van der Waals surface area contributed by atoms with Crippen LogP contribution in [0.3, 0.4) is 0 Å². The van der Waals surface area contributed by atoms with Gasteiger partial charge in [0.1, 0.15) is 5.69 Å². The number of nitrogens with zero attached hydrogens (tertiary/aromatic N) is 3. The molecule has 0 unspecified atom stereocenters. The Hall–Kier alpha value is -2.91. The van der Waals surface area contributed by atoms with E-state index in [0.29, 0.717) is 16.1 Å². The molecule has 10 heteroatoms. The zero-order chi connectivity index (χ0) is 19.6. The maximum atomic E-state index is 12.4. The number of fused-ring (bicyclic) bond motifs is 1. The van der Waals surface area contributed by atoms with Crippen LogP contribution in [-0.2, 0) is 11.8 Å². The lowest BCUT2D eigenvalue weighted by molar-refractivity contribution is -0.383. The molecule has 3 rings (SSSR count). The van der Waals surface area contributed by atoms with E-state index in [1.54, 1.807) is 31.3 Å². The van der Waals surface area contributed by atoms with Crippen molar-refractivity contribution in [2.45, 2.75) is 5.16 Å². The van der Waals surface area contributed by atoms with E-state index in [-0.39, 0.29) is 27.7 Å². The Morgan fingerprint density at radius 1 is 1.33 bits per heavy atom. The van der Waals surface area contributed by atoms with Crippen molar-refractivity contribution in [3.05, 3.63) is 68.0 Å². The van der Waals surface area contributed by atoms with Gasteiger partial charge in [-0.1, -0.05) is 35.5 Å². The van der Waals surface area contributed by atoms with Crippen molar-refractivity contribution in [3.63, 3.8) is 0 Å². The summed E-state index contributed by atoms with van der Waals surface area (Å²) in [5.41, 5.74) is 0.0844. The van der Waals surface area contributed by atoms with Gasteiger partial charge in [-0.05, 0) is 24.3 Å². The van der Waals surface area contributed by atoms with Crippen LogP contribution in [0.1, 0.15) is 0 Å². The Kier molecular flexibility index (Phi) is 5.43. The number of aromatic nitrogens is 2. The average Bonchev–Trinajstić information content (AvgIpc) is 2.65. The highest BCUT2D eigenvalue weighted by molar-refractivity contribution is 7.99. The summed E-state index contributed by atoms with van der Waals surface area (Å²) in [5, 5.41) is 14.6. The topological polar surface area (TPSA) is 107 Å². The zero-order valence-corrected chi connectivity index (χ0v) is 15.6. The van der Waals surface area contributed by atoms with Crippen LogP contribution < -0.4 is 10.9 Å². The summed E-state index contributed by atoms with van der Waals surface area (Å²) >= 11 is 6.82. The summed E-state index contributed by atoms with van der Waals surface area (Å²) in [5.74, 6) is -0.536. The molecule has 0 saturated carbocycles. The molecular weight excluding hydrogens is 392 g/mol. The zero-order valence-electron chi connectivity index (χ0n) is 14.0. The van der Waals surface area contributed by atoms with Gasteiger partial charge in [0.15, 0.2) is 5.16 Å². The second-order valence-corrected chi connectivity index (χ2v) is 6.91. The van der Waals surface area contributed by atoms with Crippen LogP contribution in [0.5, 0.6) is 0 Å². The standard InChI is InChI=1S/C17H13ClN4O4S/c1-21-16(24)11-4-2-3-5-12(11)20-17(21)27-9-15(23)19-13-7-6-10(18)8-14(13)22(25)26/h2-8H,9H2,1H3,(H,19,23). The van der Waals surface area contributed by atoms with Crippen LogP contribution >= 0.6 is 23.4 Å². The minimum absolute atomic E-state index is 0.0513. The van der Waals surface area contributed by atoms with E-state index in [0.717, 1.165) is 11.8 Å². The molecule has 0 bridgehead atoms. The molecule has 0 aliphatic heterocycles. The van der Waals surface area contributed by atoms with Gasteiger partial charge in [0.05, 0.1) is 21.6 Å². The Bertz CT molecular complexity index is 1120. The van der Waals surface area contributed by atoms with E-state index < -0.39 is 10.8 Å². The number of carbonyl (C=O) groups excluding carboxylic acids is 1. The van der Waals surface area contributed by atoms with Gasteiger partial charge in [-0.25, -0.2) is 4.98 Å². The third-order valence-corrected chi connectivity index (χ3v) is 4.97. The third kappa shape index (κ3) is 4.09. The first kappa shape index (κ1) is 18.9. The van der Waals surface area contributed by atoms with E-state index in [2.05, 4.69) is 10.3 Å². The van der Waals surface area contributed by atoms with Crippen LogP contribution in [0.25, 0.3) is 10.9 Å². The molecule has 138 valence electrons. The van der Waals surface area contributed by atoms with Crippen molar-refractivity contribution in [2.75, 3.05) is 11.1 Å². The van der Waals surface area contributed by atoms with Gasteiger partial charge in [0.2, 0.25) is 5.91 Å². The highest BCUT2D eigenvalue weighted by Crippen LogP contribution is 2.28. The van der Waals surface area contributed by atoms with Gasteiger partial charge >= 0.3 is 0 Å². The number of amides is 1. The minimum atomic E-state index is -0.622. The Morgan fingerprint density at radius 2 is 2.07 bits per heavy atom. The molecular formula is C17H13ClN4O4S. The minimum Gasteiger partial charge on any atom is -0.320 e. The van der Waals surface area contributed by atoms with E-state index in [1.807, 2.05) is 0 Å². The second kappa shape index (κ2) is 7.77. The maximum absolute atomic E-state index is 12.4. The summed E-state index contributed by atoms with van der Waals surface area (Å²) in [6, 6.07) is 10.9. The number of nitro groups is 1. The van der Waals surface area contributed by atoms with Crippen LogP contribution in [0, 0.1) is 10.1 Å². The number of thioether (sulfide) groups is 1. The fourth-order valence-corrected chi connectivity index (χ4v) is 3.34. The van der Waals surface area contributed by atoms with Crippen LogP contribution in [-0.4, -0.2) is 26.1 Å². The third-order valence-electron chi connectivity index (χ3n) is 3.71. The molecule has 2 aromatic carbocycles. The van der Waals surface area contributed by atoms with Crippen molar-refractivity contribution in [1.82, 2.24) is 9.55 Å². The Morgan fingerprint density at radius 3 is 2.81 bits per heavy atom. The number of para-hydroxylation sites is 1. The van der Waals surface area contributed by atoms with E-state index >= 15 is 0 Å². The normalized spacial score (nSPS) is 10.7. The van der Waals surface area contributed by atoms with Crippen molar-refractivity contribution in [2.24, 2.45) is 7.05 Å². The number of halogens is 1. The van der Waals surface area contributed by atoms with E-state index in [9.17, 15) is 19.7 Å². The molecule has 1 amide bonds. The molecule has 3 aromatic rings. The molecule has 0 fully saturated rings. The monoisotopic (exact) mass is 404 g/mol. The number of nitro benzene ring substituents is 1. The summed E-state index contributed by atoms with van der Waals surface area (Å²) in [7, 11) is 1.58. The first-order chi connectivity index (χ1) is 12.9. The maximum Gasteiger partial charge on any atom is 0.294 e. The van der Waals surface area contributed by atoms with Crippen LogP contribution in [0.4, 0.5) is 11.4 Å². The Labute approximate surface area is 162 Å². The predicted molar refractivity (Wildman–Crippen MR) is 104 cm³/mol. The van der Waals surface area contributed by atoms with Gasteiger partial charge in [0.25, 0.3) is 11.2 Å². The van der Waals surface area contributed by atoms with Crippen LogP contribution in [0.2, 0.25) is 5.02 Å². The summed E-state index contributed by atoms with van der Waals surface area (Å²) in [6.07, 6.45) is 0. The molecule has 8 nitrogen and oxygen atoms in total. The molecule has 1 aromatic heterocycles. The SMILES string of the molecule is Cn1c(SCC(=O)Nc2ccc(Cl)cc2[N+](=O)[O-])nc2ccccc2c1=O. The van der Waals surface area contributed by atoms with Gasteiger partial charge in [0, 0.05) is 18.1 Å². The molecule has 27 heavy (non-hydrogen) atoms. The number of nitrogens with one attached hydrogen (secondary N) is 1. The lowest BCUT2D eigenvalue weighted by Gasteiger charge is -2.09. The summed E-state index contributed by atoms with van der Waals surface area (Å²) in [6.45, 7) is 0. The van der Waals surface area contributed by atoms with E-state index in [1.165, 1.54) is 22.8 Å². The first-order valence-corrected chi connectivity index (χ1v) is 9.05. The van der Waals surface area contributed by atoms with Gasteiger partial charge in [-0.2, -0.15) is 0 Å². The molecule has 0 spiro atoms. The quantitative estimate of drug-likeness (QED) is 0.303. The molecule has 1 N–H and O–H groups in total. The highest BCUT2D eigenvalue weighted by Gasteiger charge is 2.17. The number of carbonyl (C=O) groups is 1. The Balaban J connectivity index is 1.77. The van der Waals surface area contributed by atoms with Crippen molar-refractivity contribution in [1.29, 1.82) is 0 Å². The summed E-state index contributed by atoms with van der Waals surface area (Å²) in [4.78, 5) is 39.4. The summed E-state index contributed by atoms with van der Waals surface area (Å²) < 4.78 is 1.37. The average molecular weight is 405 g/mol. The number of rotatable bonds is 5. The first-order valence-electron chi connectivity index (χ1n) is 7.69. The highest BCUT2D eigenvalue weighted by atomic mass is 35.5. The van der Waals surface area contributed by atoms with Gasteiger partial charge < -0.3 is 5.32 Å². The van der Waals surface area contributed by atoms with E-state index in [4.69, 9.17) is 11.6 Å². The smallest absolute Gasteiger partial charge is 0.294 e. The van der Waals surface area contributed by atoms with Crippen LogP contribution in [0.15, 0.2) is 52.4 Å². The second-order valence-electron chi connectivity index (χ2n) is 5.53. The van der Waals surface area contributed by atoms with Crippen molar-refractivity contribution >= 4 is 51.5 Å². The molecule has 0 saturated heterocycles. The van der Waals surface area contributed by atoms with Crippen molar-refractivity contribution < 1.29 is 9.72 Å². The predicted octanol–water partition coefficient (Wildman–Crippen LogP) is 3.23. The fraction of sp³-hybridized carbons (Fsp3) is 0.118. The fourth-order valence-electron chi connectivity index (χ4n) is 2.40. The lowest BCUT2D eigenvalue weighted by Crippen LogP contribution is -2.21. The molecule has 0 radical (unpaired) electrons. The molecule has 0 aliphatic carbocycles. The molecule has 0 atom stereocenters. The van der Waals surface area contributed by atoms with Crippen molar-refractivity contribution in [3.8, 4) is 0 Å². The molecule has 0 aliphatic rings. The number of benzene rings is 2. The van der Waals surface area contributed by atoms with Gasteiger partial charge in [-0.15, -0.1) is 0 Å². The number of anilines is 1. The number of hydrogen-bond donors (Lipinski definition) is 1. The van der Waals surface area contributed by atoms with Gasteiger partial charge in [-0.3, -0.25) is 24.3 Å².